The third-order valence-corrected chi connectivity index (χ3v) is 5.77. The molecule has 8 nitrogen and oxygen atoms in total. The minimum absolute atomic E-state index is 0.220. The molecule has 186 valence electrons. The molecule has 0 bridgehead atoms. The van der Waals surface area contributed by atoms with E-state index in [0.717, 1.165) is 5.56 Å². The van der Waals surface area contributed by atoms with E-state index in [0.29, 0.717) is 25.9 Å². The Labute approximate surface area is 201 Å². The van der Waals surface area contributed by atoms with Crippen molar-refractivity contribution in [3.8, 4) is 0 Å². The summed E-state index contributed by atoms with van der Waals surface area (Å²) in [7, 11) is 0. The highest BCUT2D eigenvalue weighted by molar-refractivity contribution is 5.93. The van der Waals surface area contributed by atoms with Crippen LogP contribution in [0.3, 0.4) is 0 Å². The number of cyclic esters (lactones) is 1. The molecule has 0 spiro atoms. The van der Waals surface area contributed by atoms with Crippen molar-refractivity contribution in [3.05, 3.63) is 48.0 Å². The number of imide groups is 1. The maximum Gasteiger partial charge on any atom is 0.416 e. The zero-order chi connectivity index (χ0) is 24.9. The molecule has 2 aliphatic rings. The fourth-order valence-electron chi connectivity index (χ4n) is 4.19. The summed E-state index contributed by atoms with van der Waals surface area (Å²) in [6.07, 6.45) is 4.92. The van der Waals surface area contributed by atoms with Gasteiger partial charge in [0.1, 0.15) is 17.9 Å². The summed E-state index contributed by atoms with van der Waals surface area (Å²) in [6, 6.07) is 9.23. The van der Waals surface area contributed by atoms with Crippen LogP contribution >= 0.6 is 0 Å². The Morgan fingerprint density at radius 2 is 1.88 bits per heavy atom. The number of hydrogen-bond donors (Lipinski definition) is 0. The predicted molar refractivity (Wildman–Crippen MR) is 127 cm³/mol. The van der Waals surface area contributed by atoms with Crippen molar-refractivity contribution < 1.29 is 28.6 Å². The molecule has 2 aliphatic heterocycles. The van der Waals surface area contributed by atoms with Gasteiger partial charge in [-0.2, -0.15) is 0 Å². The molecular weight excluding hydrogens is 436 g/mol. The van der Waals surface area contributed by atoms with Gasteiger partial charge in [0.05, 0.1) is 18.7 Å². The van der Waals surface area contributed by atoms with Crippen LogP contribution in [-0.2, 0) is 25.4 Å². The number of rotatable bonds is 7. The first-order valence-electron chi connectivity index (χ1n) is 11.8. The maximum atomic E-state index is 12.7. The lowest BCUT2D eigenvalue weighted by molar-refractivity contribution is -0.129. The lowest BCUT2D eigenvalue weighted by Crippen LogP contribution is -2.49. The fourth-order valence-corrected chi connectivity index (χ4v) is 4.19. The van der Waals surface area contributed by atoms with Crippen molar-refractivity contribution in [1.82, 2.24) is 9.80 Å². The second-order valence-corrected chi connectivity index (χ2v) is 10.2. The molecule has 2 fully saturated rings. The van der Waals surface area contributed by atoms with Gasteiger partial charge in [-0.05, 0) is 59.4 Å². The third kappa shape index (κ3) is 6.59. The predicted octanol–water partition coefficient (Wildman–Crippen LogP) is 4.68. The number of allylic oxidation sites excluding steroid dienone is 1. The van der Waals surface area contributed by atoms with Gasteiger partial charge in [0.25, 0.3) is 0 Å². The Kier molecular flexibility index (Phi) is 8.02. The molecule has 2 atom stereocenters. The molecule has 0 unspecified atom stereocenters. The van der Waals surface area contributed by atoms with E-state index in [1.807, 2.05) is 77.1 Å². The van der Waals surface area contributed by atoms with Gasteiger partial charge in [-0.3, -0.25) is 9.69 Å². The summed E-state index contributed by atoms with van der Waals surface area (Å²) in [5.41, 5.74) is -0.306. The minimum atomic E-state index is -0.767. The second kappa shape index (κ2) is 10.6. The van der Waals surface area contributed by atoms with Crippen molar-refractivity contribution in [1.29, 1.82) is 0 Å². The molecule has 2 saturated heterocycles. The van der Waals surface area contributed by atoms with E-state index >= 15 is 0 Å². The molecule has 0 saturated carbocycles. The Bertz CT molecular complexity index is 906. The Balaban J connectivity index is 1.50. The lowest BCUT2D eigenvalue weighted by Gasteiger charge is -2.34. The van der Waals surface area contributed by atoms with E-state index in [4.69, 9.17) is 14.2 Å². The Morgan fingerprint density at radius 3 is 2.56 bits per heavy atom. The molecule has 0 radical (unpaired) electrons. The van der Waals surface area contributed by atoms with Crippen LogP contribution in [-0.4, -0.2) is 64.5 Å². The number of benzene rings is 1. The summed E-state index contributed by atoms with van der Waals surface area (Å²) >= 11 is 0. The van der Waals surface area contributed by atoms with Crippen LogP contribution in [0.2, 0.25) is 0 Å². The second-order valence-electron chi connectivity index (χ2n) is 10.2. The summed E-state index contributed by atoms with van der Waals surface area (Å²) in [6.45, 7) is 9.76. The van der Waals surface area contributed by atoms with Crippen LogP contribution in [0.4, 0.5) is 9.59 Å². The molecule has 1 aromatic rings. The van der Waals surface area contributed by atoms with E-state index in [1.54, 1.807) is 4.90 Å². The Morgan fingerprint density at radius 1 is 1.18 bits per heavy atom. The summed E-state index contributed by atoms with van der Waals surface area (Å²) in [5, 5.41) is 0. The van der Waals surface area contributed by atoms with Gasteiger partial charge in [-0.1, -0.05) is 42.5 Å². The van der Waals surface area contributed by atoms with Gasteiger partial charge < -0.3 is 14.2 Å². The van der Waals surface area contributed by atoms with Gasteiger partial charge in [0, 0.05) is 6.42 Å². The van der Waals surface area contributed by atoms with Gasteiger partial charge >= 0.3 is 12.2 Å². The van der Waals surface area contributed by atoms with Crippen molar-refractivity contribution in [2.45, 2.75) is 83.7 Å². The maximum absolute atomic E-state index is 12.7. The first-order valence-corrected chi connectivity index (χ1v) is 11.8. The summed E-state index contributed by atoms with van der Waals surface area (Å²) < 4.78 is 16.5. The number of carbonyl (C=O) groups excluding carboxylic acids is 3. The molecule has 2 heterocycles. The summed E-state index contributed by atoms with van der Waals surface area (Å²) in [5.74, 6) is -0.224. The van der Waals surface area contributed by atoms with Gasteiger partial charge in [0.2, 0.25) is 5.91 Å². The summed E-state index contributed by atoms with van der Waals surface area (Å²) in [4.78, 5) is 40.5. The molecule has 3 rings (SSSR count). The molecule has 0 N–H and O–H groups in total. The van der Waals surface area contributed by atoms with Gasteiger partial charge in [-0.25, -0.2) is 14.5 Å². The van der Waals surface area contributed by atoms with Crippen LogP contribution in [0.1, 0.15) is 59.4 Å². The van der Waals surface area contributed by atoms with E-state index in [-0.39, 0.29) is 31.0 Å². The largest absolute Gasteiger partial charge is 0.447 e. The molecule has 0 aromatic heterocycles. The quantitative estimate of drug-likeness (QED) is 0.423. The van der Waals surface area contributed by atoms with Crippen LogP contribution in [0.5, 0.6) is 0 Å². The smallest absolute Gasteiger partial charge is 0.416 e. The molecule has 1 aromatic carbocycles. The van der Waals surface area contributed by atoms with Crippen LogP contribution in [0.15, 0.2) is 42.5 Å². The highest BCUT2D eigenvalue weighted by Gasteiger charge is 2.44. The zero-order valence-electron chi connectivity index (χ0n) is 20.8. The van der Waals surface area contributed by atoms with Gasteiger partial charge in [0.15, 0.2) is 0 Å². The topological polar surface area (TPSA) is 85.4 Å². The number of amides is 3. The van der Waals surface area contributed by atoms with E-state index in [1.165, 1.54) is 4.90 Å². The number of carbonyl (C=O) groups is 3. The third-order valence-electron chi connectivity index (χ3n) is 5.77. The number of ether oxygens (including phenoxy) is 3. The van der Waals surface area contributed by atoms with E-state index in [2.05, 4.69) is 0 Å². The molecular formula is C26H36N2O6. The standard InChI is InChI=1S/C26H36N2O6/c1-25(2,3)34-24(31)28-20(18-33-26(28,4)5)14-10-7-11-15-22(29)27-21(17-32-23(27)30)16-19-12-8-6-9-13-19/h6,8-10,12-14,20-21H,7,11,15-18H2,1-5H3/b14-10-/t20-,21+/m1/s1. The normalized spacial score (nSPS) is 22.3. The first-order chi connectivity index (χ1) is 16.0. The first kappa shape index (κ1) is 25.7. The van der Waals surface area contributed by atoms with Crippen molar-refractivity contribution >= 4 is 18.1 Å². The average molecular weight is 473 g/mol. The monoisotopic (exact) mass is 472 g/mol. The van der Waals surface area contributed by atoms with Crippen molar-refractivity contribution in [3.63, 3.8) is 0 Å². The van der Waals surface area contributed by atoms with Crippen LogP contribution in [0.25, 0.3) is 0 Å². The number of nitrogens with zero attached hydrogens (tertiary/aromatic N) is 2. The zero-order valence-corrected chi connectivity index (χ0v) is 20.8. The molecule has 34 heavy (non-hydrogen) atoms. The Hall–Kier alpha value is -2.87. The lowest BCUT2D eigenvalue weighted by atomic mass is 10.1. The fraction of sp³-hybridized carbons (Fsp3) is 0.577. The van der Waals surface area contributed by atoms with Crippen molar-refractivity contribution in [2.75, 3.05) is 13.2 Å². The van der Waals surface area contributed by atoms with Crippen molar-refractivity contribution in [2.24, 2.45) is 0 Å². The highest BCUT2D eigenvalue weighted by Crippen LogP contribution is 2.30. The van der Waals surface area contributed by atoms with E-state index in [9.17, 15) is 14.4 Å². The van der Waals surface area contributed by atoms with Crippen LogP contribution in [0, 0.1) is 0 Å². The van der Waals surface area contributed by atoms with Crippen LogP contribution < -0.4 is 0 Å². The van der Waals surface area contributed by atoms with Gasteiger partial charge in [-0.15, -0.1) is 0 Å². The number of hydrogen-bond acceptors (Lipinski definition) is 6. The minimum Gasteiger partial charge on any atom is -0.447 e. The highest BCUT2D eigenvalue weighted by atomic mass is 16.6. The molecule has 8 heteroatoms. The molecule has 0 aliphatic carbocycles. The van der Waals surface area contributed by atoms with E-state index < -0.39 is 23.5 Å². The SMILES string of the molecule is CC(C)(C)OC(=O)N1[C@H](/C=C\CCCC(=O)N2C(=O)OC[C@@H]2Cc2ccccc2)COC1(C)C. The number of unbranched alkanes of at least 4 members (excludes halogenated alkanes) is 1. The average Bonchev–Trinajstić information content (AvgIpc) is 3.25. The molecule has 3 amide bonds.